The number of hydrogen-bond donors (Lipinski definition) is 2. The van der Waals surface area contributed by atoms with Crippen molar-refractivity contribution in [1.29, 1.82) is 5.26 Å². The second-order valence-corrected chi connectivity index (χ2v) is 8.07. The predicted molar refractivity (Wildman–Crippen MR) is 134 cm³/mol. The number of rotatable bonds is 9. The molecule has 2 N–H and O–H groups in total. The number of methoxy groups -OCH3 is 2. The van der Waals surface area contributed by atoms with Crippen LogP contribution in [0.3, 0.4) is 0 Å². The molecule has 7 nitrogen and oxygen atoms in total. The number of H-pyrrole nitrogens is 1. The molecule has 2 atom stereocenters. The zero-order chi connectivity index (χ0) is 24.8. The third-order valence-electron chi connectivity index (χ3n) is 5.95. The quantitative estimate of drug-likeness (QED) is 0.368. The molecule has 0 aliphatic heterocycles. The summed E-state index contributed by atoms with van der Waals surface area (Å²) >= 11 is 0. The van der Waals surface area contributed by atoms with Crippen molar-refractivity contribution in [3.63, 3.8) is 0 Å². The summed E-state index contributed by atoms with van der Waals surface area (Å²) in [7, 11) is 3.21. The molecule has 0 aliphatic rings. The Kier molecular flexibility index (Phi) is 7.22. The fraction of sp³-hybridized carbons (Fsp3) is 0.214. The number of carbonyl (C=O) groups is 1. The third-order valence-corrected chi connectivity index (χ3v) is 5.95. The van der Waals surface area contributed by atoms with Crippen LogP contribution in [0.25, 0.3) is 10.9 Å². The van der Waals surface area contributed by atoms with Gasteiger partial charge in [0.2, 0.25) is 0 Å². The molecule has 0 bridgehead atoms. The number of amides is 1. The van der Waals surface area contributed by atoms with Gasteiger partial charge >= 0.3 is 0 Å². The maximum absolute atomic E-state index is 13.0. The van der Waals surface area contributed by atoms with Crippen LogP contribution < -0.4 is 19.5 Å². The van der Waals surface area contributed by atoms with E-state index in [1.165, 1.54) is 0 Å². The molecule has 4 rings (SSSR count). The van der Waals surface area contributed by atoms with Gasteiger partial charge in [-0.25, -0.2) is 0 Å². The number of carbonyl (C=O) groups excluding carboxylic acids is 1. The van der Waals surface area contributed by atoms with Crippen LogP contribution in [0.1, 0.15) is 29.5 Å². The summed E-state index contributed by atoms with van der Waals surface area (Å²) in [6.45, 7) is 2.02. The van der Waals surface area contributed by atoms with Gasteiger partial charge in [-0.3, -0.25) is 4.79 Å². The number of nitrogens with zero attached hydrogens (tertiary/aromatic N) is 1. The average Bonchev–Trinajstić information content (AvgIpc) is 3.32. The summed E-state index contributed by atoms with van der Waals surface area (Å²) in [5, 5.41) is 13.1. The first-order valence-electron chi connectivity index (χ1n) is 11.3. The van der Waals surface area contributed by atoms with Crippen molar-refractivity contribution in [2.45, 2.75) is 18.9 Å². The van der Waals surface area contributed by atoms with Crippen LogP contribution in [0.2, 0.25) is 0 Å². The van der Waals surface area contributed by atoms with Gasteiger partial charge in [-0.1, -0.05) is 30.3 Å². The van der Waals surface area contributed by atoms with Crippen molar-refractivity contribution in [3.05, 3.63) is 89.6 Å². The molecule has 35 heavy (non-hydrogen) atoms. The van der Waals surface area contributed by atoms with E-state index in [0.29, 0.717) is 29.4 Å². The number of hydrogen-bond acceptors (Lipinski definition) is 5. The largest absolute Gasteiger partial charge is 0.493 e. The molecule has 1 heterocycles. The van der Waals surface area contributed by atoms with Gasteiger partial charge in [-0.15, -0.1) is 0 Å². The smallest absolute Gasteiger partial charge is 0.260 e. The zero-order valence-electron chi connectivity index (χ0n) is 19.9. The lowest BCUT2D eigenvalue weighted by Crippen LogP contribution is -2.38. The van der Waals surface area contributed by atoms with Crippen molar-refractivity contribution in [3.8, 4) is 23.3 Å². The van der Waals surface area contributed by atoms with Crippen LogP contribution in [0.5, 0.6) is 17.2 Å². The minimum Gasteiger partial charge on any atom is -0.493 e. The Balaban J connectivity index is 1.60. The number of aromatic nitrogens is 1. The first kappa shape index (κ1) is 23.7. The van der Waals surface area contributed by atoms with Gasteiger partial charge in [0.15, 0.2) is 17.6 Å². The van der Waals surface area contributed by atoms with E-state index >= 15 is 0 Å². The third kappa shape index (κ3) is 5.07. The van der Waals surface area contributed by atoms with Crippen LogP contribution in [0, 0.1) is 11.3 Å². The minimum absolute atomic E-state index is 0.206. The molecule has 0 fully saturated rings. The molecular formula is C28H27N3O4. The summed E-state index contributed by atoms with van der Waals surface area (Å²) in [6.07, 6.45) is 1.25. The highest BCUT2D eigenvalue weighted by molar-refractivity contribution is 5.85. The van der Waals surface area contributed by atoms with E-state index in [9.17, 15) is 4.79 Å². The highest BCUT2D eigenvalue weighted by atomic mass is 16.5. The fourth-order valence-corrected chi connectivity index (χ4v) is 4.17. The number of ether oxygens (including phenoxy) is 3. The van der Waals surface area contributed by atoms with E-state index in [0.717, 1.165) is 22.0 Å². The van der Waals surface area contributed by atoms with E-state index in [4.69, 9.17) is 19.5 Å². The lowest BCUT2D eigenvalue weighted by atomic mass is 9.89. The normalized spacial score (nSPS) is 12.4. The Morgan fingerprint density at radius 3 is 2.49 bits per heavy atom. The number of para-hydroxylation sites is 2. The van der Waals surface area contributed by atoms with Gasteiger partial charge in [0.1, 0.15) is 5.75 Å². The maximum Gasteiger partial charge on any atom is 0.260 e. The molecule has 0 saturated carbocycles. The van der Waals surface area contributed by atoms with E-state index in [1.54, 1.807) is 45.4 Å². The van der Waals surface area contributed by atoms with Gasteiger partial charge in [0, 0.05) is 35.1 Å². The first-order chi connectivity index (χ1) is 17.0. The predicted octanol–water partition coefficient (Wildman–Crippen LogP) is 4.77. The molecule has 0 spiro atoms. The van der Waals surface area contributed by atoms with Crippen LogP contribution in [0.4, 0.5) is 0 Å². The Bertz CT molecular complexity index is 1350. The molecule has 0 saturated heterocycles. The van der Waals surface area contributed by atoms with Crippen molar-refractivity contribution in [2.75, 3.05) is 20.8 Å². The number of aromatic amines is 1. The highest BCUT2D eigenvalue weighted by Gasteiger charge is 2.25. The summed E-state index contributed by atoms with van der Waals surface area (Å²) < 4.78 is 17.0. The molecule has 1 amide bonds. The van der Waals surface area contributed by atoms with E-state index in [1.807, 2.05) is 42.6 Å². The Morgan fingerprint density at radius 2 is 1.77 bits per heavy atom. The molecular weight excluding hydrogens is 442 g/mol. The molecule has 7 heteroatoms. The molecule has 1 aromatic heterocycles. The second kappa shape index (κ2) is 10.7. The molecule has 4 aromatic rings. The molecule has 2 unspecified atom stereocenters. The van der Waals surface area contributed by atoms with E-state index in [2.05, 4.69) is 22.4 Å². The summed E-state index contributed by atoms with van der Waals surface area (Å²) in [5.74, 6) is 1.32. The summed E-state index contributed by atoms with van der Waals surface area (Å²) in [6, 6.07) is 22.5. The maximum atomic E-state index is 13.0. The van der Waals surface area contributed by atoms with Crippen molar-refractivity contribution in [2.24, 2.45) is 0 Å². The molecule has 0 radical (unpaired) electrons. The second-order valence-electron chi connectivity index (χ2n) is 8.07. The van der Waals surface area contributed by atoms with Crippen LogP contribution >= 0.6 is 0 Å². The Labute approximate surface area is 204 Å². The molecule has 0 aliphatic carbocycles. The number of nitriles is 1. The first-order valence-corrected chi connectivity index (χ1v) is 11.3. The average molecular weight is 470 g/mol. The topological polar surface area (TPSA) is 96.4 Å². The van der Waals surface area contributed by atoms with Crippen LogP contribution in [0.15, 0.2) is 72.9 Å². The summed E-state index contributed by atoms with van der Waals surface area (Å²) in [5.41, 5.74) is 3.48. The van der Waals surface area contributed by atoms with Crippen molar-refractivity contribution < 1.29 is 19.0 Å². The standard InChI is InChI=1S/C28H27N3O4/c1-18(35-20-13-11-19(15-29)12-14-20)28(32)31-17-24(22-8-6-10-26(33-2)27(22)34-3)23-16-30-25-9-5-4-7-21(23)25/h4-14,16,18,24,30H,17H2,1-3H3,(H,31,32). The van der Waals surface area contributed by atoms with Gasteiger partial charge < -0.3 is 24.5 Å². The highest BCUT2D eigenvalue weighted by Crippen LogP contribution is 2.40. The summed E-state index contributed by atoms with van der Waals surface area (Å²) in [4.78, 5) is 16.3. The lowest BCUT2D eigenvalue weighted by Gasteiger charge is -2.23. The van der Waals surface area contributed by atoms with Gasteiger partial charge in [0.05, 0.1) is 25.9 Å². The fourth-order valence-electron chi connectivity index (χ4n) is 4.17. The Hall–Kier alpha value is -4.44. The van der Waals surface area contributed by atoms with Crippen molar-refractivity contribution in [1.82, 2.24) is 10.3 Å². The number of benzene rings is 3. The number of fused-ring (bicyclic) bond motifs is 1. The van der Waals surface area contributed by atoms with E-state index < -0.39 is 6.10 Å². The minimum atomic E-state index is -0.723. The molecule has 3 aromatic carbocycles. The number of nitrogens with one attached hydrogen (secondary N) is 2. The lowest BCUT2D eigenvalue weighted by molar-refractivity contribution is -0.127. The zero-order valence-corrected chi connectivity index (χ0v) is 19.9. The van der Waals surface area contributed by atoms with Gasteiger partial charge in [-0.05, 0) is 48.9 Å². The van der Waals surface area contributed by atoms with Crippen molar-refractivity contribution >= 4 is 16.8 Å². The Morgan fingerprint density at radius 1 is 1.00 bits per heavy atom. The SMILES string of the molecule is COc1cccc(C(CNC(=O)C(C)Oc2ccc(C#N)cc2)c2c[nH]c3ccccc23)c1OC. The monoisotopic (exact) mass is 469 g/mol. The van der Waals surface area contributed by atoms with Gasteiger partial charge in [0.25, 0.3) is 5.91 Å². The van der Waals surface area contributed by atoms with Crippen LogP contribution in [-0.4, -0.2) is 37.8 Å². The molecule has 178 valence electrons. The van der Waals surface area contributed by atoms with E-state index in [-0.39, 0.29) is 11.8 Å². The van der Waals surface area contributed by atoms with Crippen LogP contribution in [-0.2, 0) is 4.79 Å². The van der Waals surface area contributed by atoms with Gasteiger partial charge in [-0.2, -0.15) is 5.26 Å².